The van der Waals surface area contributed by atoms with Gasteiger partial charge in [-0.05, 0) is 53.4 Å². The van der Waals surface area contributed by atoms with Gasteiger partial charge in [-0.25, -0.2) is 0 Å². The van der Waals surface area contributed by atoms with Crippen LogP contribution in [0.2, 0.25) is 0 Å². The van der Waals surface area contributed by atoms with Crippen molar-refractivity contribution in [2.45, 2.75) is 85.7 Å². The van der Waals surface area contributed by atoms with E-state index in [0.717, 1.165) is 16.7 Å². The summed E-state index contributed by atoms with van der Waals surface area (Å²) in [5.41, 5.74) is 4.74. The number of nitrogens with zero attached hydrogens (tertiary/aromatic N) is 1. The number of amides is 2. The molecule has 0 aliphatic heterocycles. The molecule has 0 saturated heterocycles. The summed E-state index contributed by atoms with van der Waals surface area (Å²) in [4.78, 5) is 28.2. The van der Waals surface area contributed by atoms with E-state index in [0.29, 0.717) is 38.3 Å². The number of rotatable bonds is 10. The number of hydrogen-bond acceptors (Lipinski definition) is 2. The van der Waals surface area contributed by atoms with Crippen LogP contribution in [-0.2, 0) is 28.0 Å². The third-order valence-electron chi connectivity index (χ3n) is 6.12. The maximum atomic E-state index is 13.4. The Morgan fingerprint density at radius 1 is 1.00 bits per heavy atom. The van der Waals surface area contributed by atoms with Crippen molar-refractivity contribution in [2.24, 2.45) is 5.92 Å². The standard InChI is InChI=1S/C29H42N2O2/c1-8-26(28(33)30-19-21(2)3)31(20-24-12-10-9-11-22(24)4)27(32)18-15-23-13-16-25(17-14-23)29(5,6)7/h9-14,16-17,21,26H,8,15,18-20H2,1-7H3,(H,30,33). The third kappa shape index (κ3) is 8.03. The van der Waals surface area contributed by atoms with E-state index in [1.807, 2.05) is 25.1 Å². The average Bonchev–Trinajstić information content (AvgIpc) is 2.76. The van der Waals surface area contributed by atoms with Crippen molar-refractivity contribution < 1.29 is 9.59 Å². The van der Waals surface area contributed by atoms with Crippen LogP contribution in [0.3, 0.4) is 0 Å². The molecule has 4 heteroatoms. The van der Waals surface area contributed by atoms with Crippen LogP contribution in [0.4, 0.5) is 0 Å². The molecule has 0 aliphatic carbocycles. The van der Waals surface area contributed by atoms with E-state index in [2.05, 4.69) is 77.2 Å². The third-order valence-corrected chi connectivity index (χ3v) is 6.12. The van der Waals surface area contributed by atoms with Crippen LogP contribution in [0.15, 0.2) is 48.5 Å². The number of hydrogen-bond donors (Lipinski definition) is 1. The van der Waals surface area contributed by atoms with E-state index in [4.69, 9.17) is 0 Å². The van der Waals surface area contributed by atoms with Crippen LogP contribution in [0.1, 0.15) is 76.6 Å². The first-order valence-electron chi connectivity index (χ1n) is 12.2. The van der Waals surface area contributed by atoms with E-state index in [9.17, 15) is 9.59 Å². The van der Waals surface area contributed by atoms with Gasteiger partial charge in [0.25, 0.3) is 0 Å². The van der Waals surface area contributed by atoms with Crippen molar-refractivity contribution in [3.63, 3.8) is 0 Å². The van der Waals surface area contributed by atoms with Crippen molar-refractivity contribution in [1.82, 2.24) is 10.2 Å². The van der Waals surface area contributed by atoms with Gasteiger partial charge in [0.15, 0.2) is 0 Å². The van der Waals surface area contributed by atoms with Gasteiger partial charge in [0.1, 0.15) is 6.04 Å². The topological polar surface area (TPSA) is 49.4 Å². The SMILES string of the molecule is CCC(C(=O)NCC(C)C)N(Cc1ccccc1C)C(=O)CCc1ccc(C(C)(C)C)cc1. The number of nitrogens with one attached hydrogen (secondary N) is 1. The highest BCUT2D eigenvalue weighted by molar-refractivity contribution is 5.87. The molecule has 0 aromatic heterocycles. The van der Waals surface area contributed by atoms with Gasteiger partial charge in [-0.2, -0.15) is 0 Å². The van der Waals surface area contributed by atoms with Gasteiger partial charge in [-0.3, -0.25) is 9.59 Å². The Labute approximate surface area is 200 Å². The molecular weight excluding hydrogens is 408 g/mol. The maximum absolute atomic E-state index is 13.4. The summed E-state index contributed by atoms with van der Waals surface area (Å²) in [7, 11) is 0. The lowest BCUT2D eigenvalue weighted by Gasteiger charge is -2.31. The largest absolute Gasteiger partial charge is 0.354 e. The van der Waals surface area contributed by atoms with Crippen LogP contribution in [0.25, 0.3) is 0 Å². The molecule has 33 heavy (non-hydrogen) atoms. The highest BCUT2D eigenvalue weighted by Gasteiger charge is 2.28. The fourth-order valence-corrected chi connectivity index (χ4v) is 3.88. The summed E-state index contributed by atoms with van der Waals surface area (Å²) >= 11 is 0. The Bertz CT molecular complexity index is 910. The first-order valence-corrected chi connectivity index (χ1v) is 12.2. The normalized spacial score (nSPS) is 12.5. The molecule has 2 aromatic rings. The monoisotopic (exact) mass is 450 g/mol. The lowest BCUT2D eigenvalue weighted by molar-refractivity contribution is -0.141. The number of benzene rings is 2. The smallest absolute Gasteiger partial charge is 0.242 e. The summed E-state index contributed by atoms with van der Waals surface area (Å²) < 4.78 is 0. The molecule has 2 rings (SSSR count). The van der Waals surface area contributed by atoms with Gasteiger partial charge >= 0.3 is 0 Å². The Kier molecular flexibility index (Phi) is 9.70. The predicted molar refractivity (Wildman–Crippen MR) is 137 cm³/mol. The quantitative estimate of drug-likeness (QED) is 0.497. The highest BCUT2D eigenvalue weighted by atomic mass is 16.2. The Balaban J connectivity index is 2.19. The van der Waals surface area contributed by atoms with E-state index >= 15 is 0 Å². The van der Waals surface area contributed by atoms with Gasteiger partial charge in [0.2, 0.25) is 11.8 Å². The lowest BCUT2D eigenvalue weighted by atomic mass is 9.86. The highest BCUT2D eigenvalue weighted by Crippen LogP contribution is 2.23. The molecule has 0 fully saturated rings. The number of carbonyl (C=O) groups is 2. The maximum Gasteiger partial charge on any atom is 0.242 e. The fraction of sp³-hybridized carbons (Fsp3) is 0.517. The number of aryl methyl sites for hydroxylation is 2. The van der Waals surface area contributed by atoms with Crippen molar-refractivity contribution in [1.29, 1.82) is 0 Å². The van der Waals surface area contributed by atoms with Crippen molar-refractivity contribution in [2.75, 3.05) is 6.54 Å². The van der Waals surface area contributed by atoms with Crippen LogP contribution in [-0.4, -0.2) is 29.3 Å². The van der Waals surface area contributed by atoms with Crippen LogP contribution < -0.4 is 5.32 Å². The summed E-state index contributed by atoms with van der Waals surface area (Å²) in [6.07, 6.45) is 1.63. The Hall–Kier alpha value is -2.62. The van der Waals surface area contributed by atoms with Crippen LogP contribution >= 0.6 is 0 Å². The predicted octanol–water partition coefficient (Wildman–Crippen LogP) is 5.80. The molecule has 0 aliphatic rings. The van der Waals surface area contributed by atoms with Crippen molar-refractivity contribution in [3.8, 4) is 0 Å². The molecule has 1 unspecified atom stereocenters. The molecule has 0 spiro atoms. The summed E-state index contributed by atoms with van der Waals surface area (Å²) in [6, 6.07) is 16.1. The molecule has 0 radical (unpaired) electrons. The van der Waals surface area contributed by atoms with E-state index in [-0.39, 0.29) is 17.2 Å². The van der Waals surface area contributed by atoms with E-state index in [1.54, 1.807) is 4.90 Å². The van der Waals surface area contributed by atoms with Gasteiger partial charge in [0.05, 0.1) is 0 Å². The molecule has 1 atom stereocenters. The molecule has 0 heterocycles. The second kappa shape index (κ2) is 12.0. The summed E-state index contributed by atoms with van der Waals surface area (Å²) in [5, 5.41) is 3.03. The van der Waals surface area contributed by atoms with Crippen molar-refractivity contribution in [3.05, 3.63) is 70.8 Å². The molecule has 1 N–H and O–H groups in total. The minimum atomic E-state index is -0.473. The Morgan fingerprint density at radius 3 is 2.18 bits per heavy atom. The molecular formula is C29H42N2O2. The first-order chi connectivity index (χ1) is 15.5. The fourth-order valence-electron chi connectivity index (χ4n) is 3.88. The summed E-state index contributed by atoms with van der Waals surface area (Å²) in [5.74, 6) is 0.315. The van der Waals surface area contributed by atoms with Crippen LogP contribution in [0, 0.1) is 12.8 Å². The van der Waals surface area contributed by atoms with Crippen LogP contribution in [0.5, 0.6) is 0 Å². The van der Waals surface area contributed by atoms with Crippen molar-refractivity contribution >= 4 is 11.8 Å². The zero-order valence-corrected chi connectivity index (χ0v) is 21.6. The van der Waals surface area contributed by atoms with Gasteiger partial charge in [0, 0.05) is 19.5 Å². The molecule has 0 saturated carbocycles. The second-order valence-electron chi connectivity index (χ2n) is 10.5. The minimum absolute atomic E-state index is 0.0182. The average molecular weight is 451 g/mol. The summed E-state index contributed by atoms with van der Waals surface area (Å²) in [6.45, 7) is 15.8. The Morgan fingerprint density at radius 2 is 1.64 bits per heavy atom. The number of carbonyl (C=O) groups excluding carboxylic acids is 2. The van der Waals surface area contributed by atoms with E-state index < -0.39 is 6.04 Å². The molecule has 2 aromatic carbocycles. The van der Waals surface area contributed by atoms with E-state index in [1.165, 1.54) is 5.56 Å². The molecule has 4 nitrogen and oxygen atoms in total. The zero-order chi connectivity index (χ0) is 24.6. The molecule has 2 amide bonds. The van der Waals surface area contributed by atoms with Gasteiger partial charge in [-0.15, -0.1) is 0 Å². The first kappa shape index (κ1) is 26.6. The van der Waals surface area contributed by atoms with Gasteiger partial charge in [-0.1, -0.05) is 90.1 Å². The van der Waals surface area contributed by atoms with Gasteiger partial charge < -0.3 is 10.2 Å². The second-order valence-corrected chi connectivity index (χ2v) is 10.5. The minimum Gasteiger partial charge on any atom is -0.354 e. The molecule has 0 bridgehead atoms. The molecule has 180 valence electrons. The lowest BCUT2D eigenvalue weighted by Crippen LogP contribution is -2.49. The zero-order valence-electron chi connectivity index (χ0n) is 21.6.